The van der Waals surface area contributed by atoms with Crippen LogP contribution in [0.3, 0.4) is 0 Å². The Bertz CT molecular complexity index is 388. The molecular formula is C15H25ClOSSi. The van der Waals surface area contributed by atoms with Gasteiger partial charge in [-0.05, 0) is 28.1 Å². The van der Waals surface area contributed by atoms with Gasteiger partial charge in [-0.2, -0.15) is 0 Å². The molecule has 0 aliphatic rings. The van der Waals surface area contributed by atoms with Gasteiger partial charge in [0.1, 0.15) is 5.76 Å². The maximum atomic E-state index is 6.59. The van der Waals surface area contributed by atoms with E-state index < -0.39 is 8.32 Å². The minimum absolute atomic E-state index is 0.555. The normalized spacial score (nSPS) is 13.7. The first-order valence-electron chi connectivity index (χ1n) is 6.89. The molecule has 1 rings (SSSR count). The van der Waals surface area contributed by atoms with Crippen molar-refractivity contribution in [1.82, 2.24) is 0 Å². The first-order chi connectivity index (χ1) is 8.86. The van der Waals surface area contributed by atoms with Gasteiger partial charge >= 0.3 is 0 Å². The molecule has 0 amide bonds. The molecule has 0 aliphatic heterocycles. The van der Waals surface area contributed by atoms with Crippen molar-refractivity contribution < 1.29 is 4.43 Å². The van der Waals surface area contributed by atoms with Gasteiger partial charge in [-0.25, -0.2) is 0 Å². The summed E-state index contributed by atoms with van der Waals surface area (Å²) in [5, 5.41) is 2.06. The summed E-state index contributed by atoms with van der Waals surface area (Å²) in [6.45, 7) is 13.7. The smallest absolute Gasteiger partial charge is 0.258 e. The van der Waals surface area contributed by atoms with Crippen LogP contribution in [0.25, 0.3) is 5.76 Å². The molecule has 0 atom stereocenters. The van der Waals surface area contributed by atoms with E-state index in [1.54, 1.807) is 16.9 Å². The lowest BCUT2D eigenvalue weighted by Gasteiger charge is -2.42. The van der Waals surface area contributed by atoms with E-state index >= 15 is 0 Å². The summed E-state index contributed by atoms with van der Waals surface area (Å²) in [6, 6.07) is 4.10. The predicted molar refractivity (Wildman–Crippen MR) is 90.3 cm³/mol. The standard InChI is InChI=1S/C15H25ClOSSi/c1-11(2)19(12(3)4,13(5)6)17-14(10-16)15-8-7-9-18-15/h7-13H,1-6H3/b14-10+. The third-order valence-electron chi connectivity index (χ3n) is 3.86. The van der Waals surface area contributed by atoms with Gasteiger partial charge in [0, 0.05) is 5.54 Å². The summed E-state index contributed by atoms with van der Waals surface area (Å²) in [6.07, 6.45) is 0. The fourth-order valence-electron chi connectivity index (χ4n) is 3.09. The van der Waals surface area contributed by atoms with Gasteiger partial charge in [0.15, 0.2) is 0 Å². The Kier molecular flexibility index (Phi) is 6.15. The molecule has 0 radical (unpaired) electrons. The van der Waals surface area contributed by atoms with Crippen LogP contribution in [0.1, 0.15) is 46.4 Å². The SMILES string of the molecule is CC(C)[Si](O/C(=C/Cl)c1cccs1)(C(C)C)C(C)C. The van der Waals surface area contributed by atoms with Gasteiger partial charge in [0.05, 0.1) is 4.88 Å². The minimum Gasteiger partial charge on any atom is -0.541 e. The molecule has 1 heterocycles. The van der Waals surface area contributed by atoms with Crippen molar-refractivity contribution in [3.05, 3.63) is 27.9 Å². The summed E-state index contributed by atoms with van der Waals surface area (Å²) in [5.41, 5.74) is 3.26. The maximum Gasteiger partial charge on any atom is 0.258 e. The highest BCUT2D eigenvalue weighted by atomic mass is 35.5. The van der Waals surface area contributed by atoms with Crippen molar-refractivity contribution in [3.63, 3.8) is 0 Å². The highest BCUT2D eigenvalue weighted by Gasteiger charge is 2.47. The van der Waals surface area contributed by atoms with Crippen LogP contribution in [0.5, 0.6) is 0 Å². The Morgan fingerprint density at radius 1 is 1.16 bits per heavy atom. The third kappa shape index (κ3) is 3.44. The van der Waals surface area contributed by atoms with Crippen molar-refractivity contribution >= 4 is 37.0 Å². The van der Waals surface area contributed by atoms with Crippen LogP contribution in [-0.2, 0) is 4.43 Å². The Morgan fingerprint density at radius 2 is 1.68 bits per heavy atom. The molecule has 0 saturated heterocycles. The molecule has 4 heteroatoms. The van der Waals surface area contributed by atoms with E-state index in [1.165, 1.54) is 0 Å². The van der Waals surface area contributed by atoms with E-state index in [9.17, 15) is 0 Å². The van der Waals surface area contributed by atoms with E-state index in [4.69, 9.17) is 16.0 Å². The summed E-state index contributed by atoms with van der Waals surface area (Å²) in [5.74, 6) is 0.847. The average Bonchev–Trinajstić information content (AvgIpc) is 2.82. The molecule has 0 unspecified atom stereocenters. The quantitative estimate of drug-likeness (QED) is 0.431. The minimum atomic E-state index is -1.91. The first-order valence-corrected chi connectivity index (χ1v) is 10.3. The molecule has 1 nitrogen and oxygen atoms in total. The lowest BCUT2D eigenvalue weighted by molar-refractivity contribution is 0.446. The third-order valence-corrected chi connectivity index (χ3v) is 10.9. The number of hydrogen-bond acceptors (Lipinski definition) is 2. The molecule has 0 saturated carbocycles. The van der Waals surface area contributed by atoms with Crippen molar-refractivity contribution in [1.29, 1.82) is 0 Å². The summed E-state index contributed by atoms with van der Waals surface area (Å²) in [4.78, 5) is 1.12. The lowest BCUT2D eigenvalue weighted by Crippen LogP contribution is -2.47. The molecular weight excluding hydrogens is 292 g/mol. The average molecular weight is 317 g/mol. The van der Waals surface area contributed by atoms with E-state index in [1.807, 2.05) is 6.07 Å². The summed E-state index contributed by atoms with van der Waals surface area (Å²) in [7, 11) is -1.91. The van der Waals surface area contributed by atoms with E-state index in [2.05, 4.69) is 53.0 Å². The van der Waals surface area contributed by atoms with Crippen LogP contribution in [0.2, 0.25) is 16.6 Å². The molecule has 0 bridgehead atoms. The molecule has 0 fully saturated rings. The van der Waals surface area contributed by atoms with Crippen molar-refractivity contribution in [2.45, 2.75) is 58.2 Å². The largest absolute Gasteiger partial charge is 0.541 e. The Morgan fingerprint density at radius 3 is 2.00 bits per heavy atom. The molecule has 0 N–H and O–H groups in total. The summed E-state index contributed by atoms with van der Waals surface area (Å²) < 4.78 is 6.59. The van der Waals surface area contributed by atoms with Crippen LogP contribution < -0.4 is 0 Å². The lowest BCUT2D eigenvalue weighted by atomic mass is 10.4. The van der Waals surface area contributed by atoms with E-state index in [-0.39, 0.29) is 0 Å². The van der Waals surface area contributed by atoms with Gasteiger partial charge < -0.3 is 4.43 Å². The first kappa shape index (κ1) is 16.8. The van der Waals surface area contributed by atoms with Gasteiger partial charge in [-0.15, -0.1) is 11.3 Å². The number of rotatable bonds is 6. The van der Waals surface area contributed by atoms with Crippen LogP contribution in [0, 0.1) is 0 Å². The number of thiophene rings is 1. The highest BCUT2D eigenvalue weighted by Crippen LogP contribution is 2.45. The number of hydrogen-bond donors (Lipinski definition) is 0. The topological polar surface area (TPSA) is 9.23 Å². The molecule has 1 aromatic rings. The molecule has 0 aliphatic carbocycles. The van der Waals surface area contributed by atoms with Crippen molar-refractivity contribution in [2.75, 3.05) is 0 Å². The maximum absolute atomic E-state index is 6.59. The fraction of sp³-hybridized carbons (Fsp3) is 0.600. The van der Waals surface area contributed by atoms with Crippen LogP contribution >= 0.6 is 22.9 Å². The second-order valence-corrected chi connectivity index (χ2v) is 12.4. The molecule has 0 aromatic carbocycles. The zero-order valence-electron chi connectivity index (χ0n) is 12.7. The van der Waals surface area contributed by atoms with E-state index in [0.29, 0.717) is 16.6 Å². The van der Waals surface area contributed by atoms with Gasteiger partial charge in [0.2, 0.25) is 0 Å². The molecule has 108 valence electrons. The zero-order chi connectivity index (χ0) is 14.6. The van der Waals surface area contributed by atoms with Crippen molar-refractivity contribution in [2.24, 2.45) is 0 Å². The Labute approximate surface area is 127 Å². The zero-order valence-corrected chi connectivity index (χ0v) is 15.3. The second kappa shape index (κ2) is 6.96. The van der Waals surface area contributed by atoms with Gasteiger partial charge in [-0.3, -0.25) is 0 Å². The second-order valence-electron chi connectivity index (χ2n) is 5.87. The predicted octanol–water partition coefficient (Wildman–Crippen LogP) is 6.48. The molecule has 1 aromatic heterocycles. The highest BCUT2D eigenvalue weighted by molar-refractivity contribution is 7.11. The number of halogens is 1. The Balaban J connectivity index is 3.14. The van der Waals surface area contributed by atoms with Crippen LogP contribution in [0.4, 0.5) is 0 Å². The Hall–Kier alpha value is -0.253. The van der Waals surface area contributed by atoms with Crippen molar-refractivity contribution in [3.8, 4) is 0 Å². The molecule has 0 spiro atoms. The van der Waals surface area contributed by atoms with Crippen LogP contribution in [-0.4, -0.2) is 8.32 Å². The van der Waals surface area contributed by atoms with Gasteiger partial charge in [-0.1, -0.05) is 59.2 Å². The monoisotopic (exact) mass is 316 g/mol. The molecule has 19 heavy (non-hydrogen) atoms. The van der Waals surface area contributed by atoms with Gasteiger partial charge in [0.25, 0.3) is 8.32 Å². The van der Waals surface area contributed by atoms with Crippen LogP contribution in [0.15, 0.2) is 23.0 Å². The summed E-state index contributed by atoms with van der Waals surface area (Å²) >= 11 is 7.70. The fourth-order valence-corrected chi connectivity index (χ4v) is 9.40. The van der Waals surface area contributed by atoms with E-state index in [0.717, 1.165) is 10.6 Å².